The number of nitrogens with zero attached hydrogens (tertiary/aromatic N) is 1. The van der Waals surface area contributed by atoms with Crippen LogP contribution in [-0.4, -0.2) is 43.4 Å². The second-order valence-electron chi connectivity index (χ2n) is 5.35. The van der Waals surface area contributed by atoms with Gasteiger partial charge in [0, 0.05) is 12.6 Å². The summed E-state index contributed by atoms with van der Waals surface area (Å²) in [4.78, 5) is 24.8. The molecule has 2 aromatic rings. The zero-order chi connectivity index (χ0) is 17.4. The van der Waals surface area contributed by atoms with Crippen LogP contribution in [0.3, 0.4) is 0 Å². The molecular formula is C19H21NO4. The number of carbonyl (C=O) groups excluding carboxylic acids is 2. The monoisotopic (exact) mass is 327 g/mol. The van der Waals surface area contributed by atoms with Crippen LogP contribution in [0.25, 0.3) is 0 Å². The van der Waals surface area contributed by atoms with E-state index in [1.807, 2.05) is 30.3 Å². The molecule has 5 nitrogen and oxygen atoms in total. The number of carbonyl (C=O) groups is 2. The van der Waals surface area contributed by atoms with Crippen LogP contribution in [0.2, 0.25) is 0 Å². The number of amides is 1. The lowest BCUT2D eigenvalue weighted by molar-refractivity contribution is -0.132. The Balaban J connectivity index is 1.72. The van der Waals surface area contributed by atoms with Crippen LogP contribution >= 0.6 is 0 Å². The fourth-order valence-electron chi connectivity index (χ4n) is 1.98. The molecule has 2 aromatic carbocycles. The molecule has 0 aliphatic heterocycles. The summed E-state index contributed by atoms with van der Waals surface area (Å²) in [7, 11) is 1.71. The highest BCUT2D eigenvalue weighted by molar-refractivity contribution is 5.94. The van der Waals surface area contributed by atoms with Gasteiger partial charge in [-0.3, -0.25) is 9.59 Å². The molecule has 1 amide bonds. The number of hydrogen-bond acceptors (Lipinski definition) is 4. The van der Waals surface area contributed by atoms with Crippen molar-refractivity contribution >= 4 is 11.7 Å². The summed E-state index contributed by atoms with van der Waals surface area (Å²) in [5.74, 6) is 1.19. The van der Waals surface area contributed by atoms with Crippen molar-refractivity contribution in [3.8, 4) is 11.5 Å². The molecule has 5 heteroatoms. The SMILES string of the molecule is CC(=O)c1ccc(OCC(=O)N(C)CCOc2ccccc2)cc1. The molecule has 24 heavy (non-hydrogen) atoms. The van der Waals surface area contributed by atoms with E-state index in [1.165, 1.54) is 6.92 Å². The summed E-state index contributed by atoms with van der Waals surface area (Å²) in [6.07, 6.45) is 0. The van der Waals surface area contributed by atoms with E-state index in [-0.39, 0.29) is 18.3 Å². The van der Waals surface area contributed by atoms with Crippen LogP contribution in [0, 0.1) is 0 Å². The molecule has 0 N–H and O–H groups in total. The minimum atomic E-state index is -0.137. The number of likely N-dealkylation sites (N-methyl/N-ethyl adjacent to an activating group) is 1. The molecule has 0 atom stereocenters. The molecule has 0 fully saturated rings. The number of Topliss-reactive ketones (excluding diaryl/α,β-unsaturated/α-hetero) is 1. The van der Waals surface area contributed by atoms with Crippen molar-refractivity contribution in [3.63, 3.8) is 0 Å². The molecule has 0 heterocycles. The first-order chi connectivity index (χ1) is 11.6. The first-order valence-corrected chi connectivity index (χ1v) is 7.72. The Kier molecular flexibility index (Phi) is 6.37. The average molecular weight is 327 g/mol. The quantitative estimate of drug-likeness (QED) is 0.700. The lowest BCUT2D eigenvalue weighted by Crippen LogP contribution is -2.34. The Morgan fingerprint density at radius 3 is 2.17 bits per heavy atom. The molecule has 0 saturated heterocycles. The molecule has 0 aliphatic carbocycles. The number of para-hydroxylation sites is 1. The molecule has 0 radical (unpaired) electrons. The summed E-state index contributed by atoms with van der Waals surface area (Å²) in [5, 5.41) is 0. The zero-order valence-electron chi connectivity index (χ0n) is 13.9. The van der Waals surface area contributed by atoms with Crippen LogP contribution in [0.5, 0.6) is 11.5 Å². The standard InChI is InChI=1S/C19H21NO4/c1-15(21)16-8-10-18(11-9-16)24-14-19(22)20(2)12-13-23-17-6-4-3-5-7-17/h3-11H,12-14H2,1-2H3. The highest BCUT2D eigenvalue weighted by Gasteiger charge is 2.10. The van der Waals surface area contributed by atoms with Gasteiger partial charge in [-0.05, 0) is 43.3 Å². The number of benzene rings is 2. The number of ether oxygens (including phenoxy) is 2. The van der Waals surface area contributed by atoms with Crippen molar-refractivity contribution < 1.29 is 19.1 Å². The number of hydrogen-bond donors (Lipinski definition) is 0. The predicted molar refractivity (Wildman–Crippen MR) is 91.5 cm³/mol. The third kappa shape index (κ3) is 5.43. The molecule has 0 saturated carbocycles. The first kappa shape index (κ1) is 17.5. The van der Waals surface area contributed by atoms with Gasteiger partial charge in [-0.15, -0.1) is 0 Å². The molecular weight excluding hydrogens is 306 g/mol. The van der Waals surface area contributed by atoms with E-state index in [1.54, 1.807) is 36.2 Å². The maximum absolute atomic E-state index is 12.0. The zero-order valence-corrected chi connectivity index (χ0v) is 13.9. The maximum Gasteiger partial charge on any atom is 0.260 e. The minimum Gasteiger partial charge on any atom is -0.492 e. The Bertz CT molecular complexity index is 668. The maximum atomic E-state index is 12.0. The van der Waals surface area contributed by atoms with E-state index in [4.69, 9.17) is 9.47 Å². The van der Waals surface area contributed by atoms with Gasteiger partial charge in [0.2, 0.25) is 0 Å². The highest BCUT2D eigenvalue weighted by atomic mass is 16.5. The smallest absolute Gasteiger partial charge is 0.260 e. The van der Waals surface area contributed by atoms with E-state index in [0.717, 1.165) is 5.75 Å². The van der Waals surface area contributed by atoms with Crippen molar-refractivity contribution in [2.45, 2.75) is 6.92 Å². The molecule has 0 aromatic heterocycles. The Hall–Kier alpha value is -2.82. The minimum absolute atomic E-state index is 0.00391. The van der Waals surface area contributed by atoms with E-state index in [0.29, 0.717) is 24.5 Å². The van der Waals surface area contributed by atoms with Crippen molar-refractivity contribution in [2.75, 3.05) is 26.8 Å². The lowest BCUT2D eigenvalue weighted by atomic mass is 10.1. The van der Waals surface area contributed by atoms with Gasteiger partial charge in [-0.2, -0.15) is 0 Å². The molecule has 0 spiro atoms. The van der Waals surface area contributed by atoms with E-state index >= 15 is 0 Å². The average Bonchev–Trinajstić information content (AvgIpc) is 2.60. The van der Waals surface area contributed by atoms with Gasteiger partial charge >= 0.3 is 0 Å². The van der Waals surface area contributed by atoms with E-state index in [9.17, 15) is 9.59 Å². The number of rotatable bonds is 8. The van der Waals surface area contributed by atoms with E-state index in [2.05, 4.69) is 0 Å². The molecule has 2 rings (SSSR count). The van der Waals surface area contributed by atoms with E-state index < -0.39 is 0 Å². The summed E-state index contributed by atoms with van der Waals surface area (Å²) < 4.78 is 11.0. The summed E-state index contributed by atoms with van der Waals surface area (Å²) in [6, 6.07) is 16.2. The van der Waals surface area contributed by atoms with Gasteiger partial charge in [0.1, 0.15) is 18.1 Å². The first-order valence-electron chi connectivity index (χ1n) is 7.72. The van der Waals surface area contributed by atoms with Crippen LogP contribution < -0.4 is 9.47 Å². The Morgan fingerprint density at radius 2 is 1.54 bits per heavy atom. The summed E-state index contributed by atoms with van der Waals surface area (Å²) in [5.41, 5.74) is 0.615. The molecule has 126 valence electrons. The topological polar surface area (TPSA) is 55.8 Å². The van der Waals surface area contributed by atoms with Crippen LogP contribution in [-0.2, 0) is 4.79 Å². The van der Waals surface area contributed by atoms with Gasteiger partial charge in [0.15, 0.2) is 12.4 Å². The second kappa shape index (κ2) is 8.72. The van der Waals surface area contributed by atoms with Crippen molar-refractivity contribution in [2.24, 2.45) is 0 Å². The highest BCUT2D eigenvalue weighted by Crippen LogP contribution is 2.12. The van der Waals surface area contributed by atoms with Crippen LogP contribution in [0.15, 0.2) is 54.6 Å². The normalized spacial score (nSPS) is 10.1. The second-order valence-corrected chi connectivity index (χ2v) is 5.35. The van der Waals surface area contributed by atoms with Crippen LogP contribution in [0.4, 0.5) is 0 Å². The van der Waals surface area contributed by atoms with Crippen molar-refractivity contribution in [3.05, 3.63) is 60.2 Å². The molecule has 0 unspecified atom stereocenters. The molecule has 0 bridgehead atoms. The fraction of sp³-hybridized carbons (Fsp3) is 0.263. The fourth-order valence-corrected chi connectivity index (χ4v) is 1.98. The van der Waals surface area contributed by atoms with Crippen LogP contribution in [0.1, 0.15) is 17.3 Å². The lowest BCUT2D eigenvalue weighted by Gasteiger charge is -2.17. The van der Waals surface area contributed by atoms with Gasteiger partial charge < -0.3 is 14.4 Å². The predicted octanol–water partition coefficient (Wildman–Crippen LogP) is 2.81. The van der Waals surface area contributed by atoms with Crippen molar-refractivity contribution in [1.29, 1.82) is 0 Å². The Morgan fingerprint density at radius 1 is 0.917 bits per heavy atom. The van der Waals surface area contributed by atoms with Gasteiger partial charge in [0.25, 0.3) is 5.91 Å². The summed E-state index contributed by atoms with van der Waals surface area (Å²) >= 11 is 0. The largest absolute Gasteiger partial charge is 0.492 e. The third-order valence-corrected chi connectivity index (χ3v) is 3.49. The van der Waals surface area contributed by atoms with Crippen molar-refractivity contribution in [1.82, 2.24) is 4.90 Å². The Labute approximate surface area is 141 Å². The third-order valence-electron chi connectivity index (χ3n) is 3.49. The summed E-state index contributed by atoms with van der Waals surface area (Å²) in [6.45, 7) is 2.34. The van der Waals surface area contributed by atoms with Gasteiger partial charge in [-0.25, -0.2) is 0 Å². The number of ketones is 1. The van der Waals surface area contributed by atoms with Gasteiger partial charge in [-0.1, -0.05) is 18.2 Å². The molecule has 0 aliphatic rings. The van der Waals surface area contributed by atoms with Gasteiger partial charge in [0.05, 0.1) is 6.54 Å².